The normalized spacial score (nSPS) is 15.9. The first-order chi connectivity index (χ1) is 20.6. The van der Waals surface area contributed by atoms with Crippen molar-refractivity contribution >= 4 is 40.0 Å². The van der Waals surface area contributed by atoms with Crippen molar-refractivity contribution < 1.29 is 19.0 Å². The quantitative estimate of drug-likeness (QED) is 0.249. The minimum absolute atomic E-state index is 0.118. The number of pyridine rings is 2. The number of methoxy groups -OCH3 is 1. The summed E-state index contributed by atoms with van der Waals surface area (Å²) in [5, 5.41) is 17.6. The molecule has 0 spiro atoms. The SMILES string of the molecule is COc1cc2c(Nc3ccc(OCc4ncccc4C)cc3Cl)c(C#N)cnc2cc1OC(=O)N1C[C@@H](C)NC(C)(C)C1. The molecule has 2 N–H and O–H groups in total. The predicted octanol–water partition coefficient (Wildman–Crippen LogP) is 6.37. The third-order valence-corrected chi connectivity index (χ3v) is 7.45. The summed E-state index contributed by atoms with van der Waals surface area (Å²) in [6, 6.07) is 14.8. The van der Waals surface area contributed by atoms with Crippen LogP contribution in [0.15, 0.2) is 54.9 Å². The molecule has 3 heterocycles. The van der Waals surface area contributed by atoms with Gasteiger partial charge in [-0.1, -0.05) is 17.7 Å². The molecule has 43 heavy (non-hydrogen) atoms. The van der Waals surface area contributed by atoms with Crippen molar-refractivity contribution in [3.05, 3.63) is 76.7 Å². The van der Waals surface area contributed by atoms with Crippen molar-refractivity contribution in [2.75, 3.05) is 25.5 Å². The molecule has 0 bridgehead atoms. The molecule has 1 aliphatic rings. The molecule has 1 aliphatic heterocycles. The Kier molecular flexibility index (Phi) is 8.57. The van der Waals surface area contributed by atoms with E-state index in [0.717, 1.165) is 11.3 Å². The number of halogens is 1. The van der Waals surface area contributed by atoms with Gasteiger partial charge in [0.1, 0.15) is 18.4 Å². The van der Waals surface area contributed by atoms with E-state index in [0.29, 0.717) is 64.1 Å². The number of piperazine rings is 1. The van der Waals surface area contributed by atoms with Crippen LogP contribution in [0.25, 0.3) is 10.9 Å². The highest BCUT2D eigenvalue weighted by Gasteiger charge is 2.33. The number of nitrogens with zero attached hydrogens (tertiary/aromatic N) is 4. The average molecular weight is 601 g/mol. The van der Waals surface area contributed by atoms with E-state index >= 15 is 0 Å². The van der Waals surface area contributed by atoms with Crippen LogP contribution in [-0.4, -0.2) is 52.7 Å². The molecule has 1 atom stereocenters. The van der Waals surface area contributed by atoms with Crippen molar-refractivity contribution in [1.29, 1.82) is 5.26 Å². The predicted molar refractivity (Wildman–Crippen MR) is 165 cm³/mol. The Morgan fingerprint density at radius 1 is 1.23 bits per heavy atom. The number of nitriles is 1. The van der Waals surface area contributed by atoms with Crippen LogP contribution in [0.5, 0.6) is 17.2 Å². The molecule has 0 radical (unpaired) electrons. The Morgan fingerprint density at radius 2 is 2.05 bits per heavy atom. The second kappa shape index (κ2) is 12.3. The molecule has 0 saturated carbocycles. The first kappa shape index (κ1) is 29.9. The minimum atomic E-state index is -0.474. The molecule has 1 amide bonds. The first-order valence-electron chi connectivity index (χ1n) is 13.8. The summed E-state index contributed by atoms with van der Waals surface area (Å²) < 4.78 is 17.3. The third-order valence-electron chi connectivity index (χ3n) is 7.14. The van der Waals surface area contributed by atoms with Crippen LogP contribution < -0.4 is 24.8 Å². The molecule has 11 heteroatoms. The van der Waals surface area contributed by atoms with Crippen molar-refractivity contribution in [3.8, 4) is 23.3 Å². The molecule has 1 saturated heterocycles. The van der Waals surface area contributed by atoms with Gasteiger partial charge in [-0.05, 0) is 57.5 Å². The zero-order valence-corrected chi connectivity index (χ0v) is 25.5. The summed E-state index contributed by atoms with van der Waals surface area (Å²) in [6.45, 7) is 9.41. The fourth-order valence-corrected chi connectivity index (χ4v) is 5.45. The highest BCUT2D eigenvalue weighted by atomic mass is 35.5. The summed E-state index contributed by atoms with van der Waals surface area (Å²) >= 11 is 6.64. The number of carbonyl (C=O) groups is 1. The van der Waals surface area contributed by atoms with E-state index < -0.39 is 6.09 Å². The van der Waals surface area contributed by atoms with Crippen molar-refractivity contribution in [1.82, 2.24) is 20.2 Å². The zero-order chi connectivity index (χ0) is 30.7. The lowest BCUT2D eigenvalue weighted by molar-refractivity contribution is 0.102. The van der Waals surface area contributed by atoms with E-state index in [4.69, 9.17) is 25.8 Å². The lowest BCUT2D eigenvalue weighted by atomic mass is 10.00. The largest absolute Gasteiger partial charge is 0.493 e. The third kappa shape index (κ3) is 6.74. The molecular formula is C32H33ClN6O4. The Morgan fingerprint density at radius 3 is 2.74 bits per heavy atom. The Balaban J connectivity index is 1.40. The molecule has 0 aliphatic carbocycles. The molecule has 2 aromatic heterocycles. The maximum atomic E-state index is 13.1. The van der Waals surface area contributed by atoms with Crippen molar-refractivity contribution in [2.45, 2.75) is 45.9 Å². The van der Waals surface area contributed by atoms with Crippen LogP contribution in [0.1, 0.15) is 37.6 Å². The van der Waals surface area contributed by atoms with Crippen molar-refractivity contribution in [2.24, 2.45) is 0 Å². The van der Waals surface area contributed by atoms with Gasteiger partial charge in [0, 0.05) is 54.6 Å². The second-order valence-corrected chi connectivity index (χ2v) is 11.6. The van der Waals surface area contributed by atoms with Gasteiger partial charge in [0.05, 0.1) is 40.3 Å². The average Bonchev–Trinajstić information content (AvgIpc) is 2.96. The molecule has 4 aromatic rings. The molecule has 2 aromatic carbocycles. The summed E-state index contributed by atoms with van der Waals surface area (Å²) in [6.07, 6.45) is 2.72. The van der Waals surface area contributed by atoms with Gasteiger partial charge in [0.15, 0.2) is 11.5 Å². The Labute approximate surface area is 255 Å². The Hall–Kier alpha value is -4.59. The van der Waals surface area contributed by atoms with E-state index in [9.17, 15) is 10.1 Å². The maximum Gasteiger partial charge on any atom is 0.415 e. The van der Waals surface area contributed by atoms with Crippen molar-refractivity contribution in [3.63, 3.8) is 0 Å². The van der Waals surface area contributed by atoms with Crippen LogP contribution in [0.3, 0.4) is 0 Å². The van der Waals surface area contributed by atoms with E-state index in [1.54, 1.807) is 41.4 Å². The fourth-order valence-electron chi connectivity index (χ4n) is 5.23. The molecule has 10 nitrogen and oxygen atoms in total. The smallest absolute Gasteiger partial charge is 0.415 e. The van der Waals surface area contributed by atoms with E-state index in [1.165, 1.54) is 13.3 Å². The maximum absolute atomic E-state index is 13.1. The first-order valence-corrected chi connectivity index (χ1v) is 14.2. The standard InChI is InChI=1S/C32H33ClN6O4/c1-19-7-6-10-35-27(19)17-42-22-8-9-25(24(33)11-22)37-30-21(14-34)15-36-26-13-29(28(41-5)12-23(26)30)43-31(40)39-16-20(2)38-32(3,4)18-39/h6-13,15,20,38H,16-18H2,1-5H3,(H,36,37)/t20-/m1/s1. The van der Waals surface area contributed by atoms with Gasteiger partial charge in [-0.15, -0.1) is 0 Å². The summed E-state index contributed by atoms with van der Waals surface area (Å²) in [4.78, 5) is 23.6. The zero-order valence-electron chi connectivity index (χ0n) is 24.7. The summed E-state index contributed by atoms with van der Waals surface area (Å²) in [5.74, 6) is 1.13. The fraction of sp³-hybridized carbons (Fsp3) is 0.312. The van der Waals surface area contributed by atoms with E-state index in [1.807, 2.05) is 39.8 Å². The number of fused-ring (bicyclic) bond motifs is 1. The number of anilines is 2. The van der Waals surface area contributed by atoms with Gasteiger partial charge in [-0.3, -0.25) is 9.97 Å². The number of ether oxygens (including phenoxy) is 3. The number of benzene rings is 2. The van der Waals surface area contributed by atoms with Crippen LogP contribution >= 0.6 is 11.6 Å². The number of amides is 1. The van der Waals surface area contributed by atoms with Crippen LogP contribution in [0.4, 0.5) is 16.2 Å². The molecular weight excluding hydrogens is 568 g/mol. The van der Waals surface area contributed by atoms with Gasteiger partial charge in [0.25, 0.3) is 0 Å². The van der Waals surface area contributed by atoms with Gasteiger partial charge in [-0.2, -0.15) is 5.26 Å². The van der Waals surface area contributed by atoms with E-state index in [2.05, 4.69) is 26.7 Å². The molecule has 222 valence electrons. The van der Waals surface area contributed by atoms with Gasteiger partial charge in [0.2, 0.25) is 0 Å². The number of carbonyl (C=O) groups excluding carboxylic acids is 1. The van der Waals surface area contributed by atoms with Crippen LogP contribution in [-0.2, 0) is 6.61 Å². The highest BCUT2D eigenvalue weighted by molar-refractivity contribution is 6.33. The minimum Gasteiger partial charge on any atom is -0.493 e. The molecule has 5 rings (SSSR count). The highest BCUT2D eigenvalue weighted by Crippen LogP contribution is 2.39. The Bertz CT molecular complexity index is 1720. The number of rotatable bonds is 7. The topological polar surface area (TPSA) is 122 Å². The van der Waals surface area contributed by atoms with Gasteiger partial charge in [-0.25, -0.2) is 4.79 Å². The van der Waals surface area contributed by atoms with Crippen LogP contribution in [0.2, 0.25) is 5.02 Å². The summed E-state index contributed by atoms with van der Waals surface area (Å²) in [5.41, 5.74) is 3.49. The number of aromatic nitrogens is 2. The number of aryl methyl sites for hydroxylation is 1. The van der Waals surface area contributed by atoms with Gasteiger partial charge < -0.3 is 29.7 Å². The van der Waals surface area contributed by atoms with E-state index in [-0.39, 0.29) is 17.3 Å². The number of nitrogens with one attached hydrogen (secondary N) is 2. The number of hydrogen-bond donors (Lipinski definition) is 2. The monoisotopic (exact) mass is 600 g/mol. The lowest BCUT2D eigenvalue weighted by Gasteiger charge is -2.42. The second-order valence-electron chi connectivity index (χ2n) is 11.2. The van der Waals surface area contributed by atoms with Crippen LogP contribution in [0, 0.1) is 18.3 Å². The lowest BCUT2D eigenvalue weighted by Crippen LogP contribution is -2.62. The van der Waals surface area contributed by atoms with Gasteiger partial charge >= 0.3 is 6.09 Å². The molecule has 1 fully saturated rings. The number of hydrogen-bond acceptors (Lipinski definition) is 9. The summed E-state index contributed by atoms with van der Waals surface area (Å²) in [7, 11) is 1.49. The molecule has 0 unspecified atom stereocenters.